The van der Waals surface area contributed by atoms with Gasteiger partial charge in [-0.05, 0) is 30.7 Å². The van der Waals surface area contributed by atoms with Gasteiger partial charge in [-0.15, -0.1) is 0 Å². The summed E-state index contributed by atoms with van der Waals surface area (Å²) in [7, 11) is 0. The van der Waals surface area contributed by atoms with Crippen molar-refractivity contribution >= 4 is 23.4 Å². The summed E-state index contributed by atoms with van der Waals surface area (Å²) in [5.41, 5.74) is 0.540. The maximum Gasteiger partial charge on any atom is 0.251 e. The summed E-state index contributed by atoms with van der Waals surface area (Å²) in [6, 6.07) is 8.35. The van der Waals surface area contributed by atoms with E-state index in [1.54, 1.807) is 30.3 Å². The van der Waals surface area contributed by atoms with Crippen molar-refractivity contribution in [3.63, 3.8) is 0 Å². The molecule has 1 rings (SSSR count). The summed E-state index contributed by atoms with van der Waals surface area (Å²) in [5, 5.41) is 14.2. The van der Waals surface area contributed by atoms with Crippen molar-refractivity contribution in [3.05, 3.63) is 34.9 Å². The van der Waals surface area contributed by atoms with Crippen LogP contribution in [-0.2, 0) is 4.79 Å². The Bertz CT molecular complexity index is 480. The van der Waals surface area contributed by atoms with E-state index in [2.05, 4.69) is 10.6 Å². The molecule has 0 heterocycles. The van der Waals surface area contributed by atoms with Crippen LogP contribution in [0.15, 0.2) is 24.3 Å². The zero-order chi connectivity index (χ0) is 14.1. The number of nitrogens with one attached hydrogen (secondary N) is 2. The molecule has 0 spiro atoms. The second-order valence-corrected chi connectivity index (χ2v) is 4.24. The molecule has 0 aliphatic rings. The van der Waals surface area contributed by atoms with Crippen LogP contribution in [0.2, 0.25) is 5.02 Å². The lowest BCUT2D eigenvalue weighted by molar-refractivity contribution is -0.120. The SMILES string of the molecule is N#CCC(=O)NCCCNC(=O)c1ccc(Cl)cc1. The molecule has 0 fully saturated rings. The fourth-order valence-corrected chi connectivity index (χ4v) is 1.48. The Labute approximate surface area is 116 Å². The Balaban J connectivity index is 2.19. The van der Waals surface area contributed by atoms with E-state index in [0.717, 1.165) is 0 Å². The van der Waals surface area contributed by atoms with Gasteiger partial charge in [0.2, 0.25) is 5.91 Å². The summed E-state index contributed by atoms with van der Waals surface area (Å²) in [6.07, 6.45) is 0.466. The third-order valence-corrected chi connectivity index (χ3v) is 2.56. The summed E-state index contributed by atoms with van der Waals surface area (Å²) in [5.74, 6) is -0.480. The average Bonchev–Trinajstić information content (AvgIpc) is 2.39. The number of nitriles is 1. The van der Waals surface area contributed by atoms with E-state index in [1.165, 1.54) is 0 Å². The van der Waals surface area contributed by atoms with Gasteiger partial charge < -0.3 is 10.6 Å². The van der Waals surface area contributed by atoms with E-state index in [0.29, 0.717) is 30.1 Å². The number of rotatable bonds is 6. The quantitative estimate of drug-likeness (QED) is 0.774. The number of hydrogen-bond donors (Lipinski definition) is 2. The highest BCUT2D eigenvalue weighted by Gasteiger charge is 2.04. The van der Waals surface area contributed by atoms with Gasteiger partial charge in [0.15, 0.2) is 0 Å². The van der Waals surface area contributed by atoms with Gasteiger partial charge in [0.1, 0.15) is 6.42 Å². The van der Waals surface area contributed by atoms with E-state index in [9.17, 15) is 9.59 Å². The van der Waals surface area contributed by atoms with E-state index in [-0.39, 0.29) is 18.2 Å². The number of carbonyl (C=O) groups excluding carboxylic acids is 2. The fraction of sp³-hybridized carbons (Fsp3) is 0.308. The maximum absolute atomic E-state index is 11.7. The molecule has 1 aromatic rings. The average molecular weight is 280 g/mol. The second kappa shape index (κ2) is 8.11. The second-order valence-electron chi connectivity index (χ2n) is 3.80. The van der Waals surface area contributed by atoms with Crippen molar-refractivity contribution < 1.29 is 9.59 Å². The van der Waals surface area contributed by atoms with Crippen molar-refractivity contribution in [1.29, 1.82) is 5.26 Å². The predicted octanol–water partition coefficient (Wildman–Crippen LogP) is 1.49. The third kappa shape index (κ3) is 5.89. The molecule has 0 atom stereocenters. The highest BCUT2D eigenvalue weighted by atomic mass is 35.5. The number of nitrogens with zero attached hydrogens (tertiary/aromatic N) is 1. The van der Waals surface area contributed by atoms with Crippen LogP contribution in [0, 0.1) is 11.3 Å². The standard InChI is InChI=1S/C13H14ClN3O2/c14-11-4-2-10(3-5-11)13(19)17-9-1-8-16-12(18)6-7-15/h2-5H,1,6,8-9H2,(H,16,18)(H,17,19). The molecular formula is C13H14ClN3O2. The Kier molecular flexibility index (Phi) is 6.41. The minimum absolute atomic E-state index is 0.142. The molecule has 0 saturated carbocycles. The van der Waals surface area contributed by atoms with Crippen LogP contribution in [0.25, 0.3) is 0 Å². The summed E-state index contributed by atoms with van der Waals surface area (Å²) < 4.78 is 0. The summed E-state index contributed by atoms with van der Waals surface area (Å²) >= 11 is 5.72. The minimum Gasteiger partial charge on any atom is -0.355 e. The minimum atomic E-state index is -0.300. The van der Waals surface area contributed by atoms with E-state index in [1.807, 2.05) is 0 Å². The highest BCUT2D eigenvalue weighted by molar-refractivity contribution is 6.30. The molecule has 2 amide bonds. The van der Waals surface area contributed by atoms with Crippen LogP contribution in [0.1, 0.15) is 23.2 Å². The molecule has 0 aliphatic carbocycles. The van der Waals surface area contributed by atoms with E-state index >= 15 is 0 Å². The molecular weight excluding hydrogens is 266 g/mol. The van der Waals surface area contributed by atoms with Crippen LogP contribution in [0.5, 0.6) is 0 Å². The topological polar surface area (TPSA) is 82.0 Å². The van der Waals surface area contributed by atoms with Gasteiger partial charge in [-0.2, -0.15) is 5.26 Å². The fourth-order valence-electron chi connectivity index (χ4n) is 1.36. The number of halogens is 1. The normalized spacial score (nSPS) is 9.47. The number of benzene rings is 1. The van der Waals surface area contributed by atoms with Gasteiger partial charge in [-0.1, -0.05) is 11.6 Å². The molecule has 1 aromatic carbocycles. The van der Waals surface area contributed by atoms with Crippen LogP contribution in [-0.4, -0.2) is 24.9 Å². The van der Waals surface area contributed by atoms with Crippen LogP contribution >= 0.6 is 11.6 Å². The summed E-state index contributed by atoms with van der Waals surface area (Å²) in [6.45, 7) is 0.885. The molecule has 5 nitrogen and oxygen atoms in total. The Morgan fingerprint density at radius 3 is 2.42 bits per heavy atom. The molecule has 0 radical (unpaired) electrons. The van der Waals surface area contributed by atoms with Crippen LogP contribution in [0.4, 0.5) is 0 Å². The van der Waals surface area contributed by atoms with Crippen molar-refractivity contribution in [2.24, 2.45) is 0 Å². The molecule has 19 heavy (non-hydrogen) atoms. The molecule has 2 N–H and O–H groups in total. The van der Waals surface area contributed by atoms with Crippen LogP contribution < -0.4 is 10.6 Å². The number of carbonyl (C=O) groups is 2. The molecule has 0 saturated heterocycles. The highest BCUT2D eigenvalue weighted by Crippen LogP contribution is 2.09. The van der Waals surface area contributed by atoms with Crippen molar-refractivity contribution in [2.75, 3.05) is 13.1 Å². The molecule has 6 heteroatoms. The zero-order valence-corrected chi connectivity index (χ0v) is 11.0. The van der Waals surface area contributed by atoms with Crippen LogP contribution in [0.3, 0.4) is 0 Å². The smallest absolute Gasteiger partial charge is 0.251 e. The van der Waals surface area contributed by atoms with Crippen molar-refractivity contribution in [3.8, 4) is 6.07 Å². The van der Waals surface area contributed by atoms with Gasteiger partial charge in [-0.25, -0.2) is 0 Å². The lowest BCUT2D eigenvalue weighted by Crippen LogP contribution is -2.29. The lowest BCUT2D eigenvalue weighted by atomic mass is 10.2. The first-order valence-corrected chi connectivity index (χ1v) is 6.18. The van der Waals surface area contributed by atoms with Gasteiger partial charge in [0, 0.05) is 23.7 Å². The predicted molar refractivity (Wildman–Crippen MR) is 71.6 cm³/mol. The molecule has 100 valence electrons. The summed E-state index contributed by atoms with van der Waals surface area (Å²) in [4.78, 5) is 22.6. The molecule has 0 bridgehead atoms. The Hall–Kier alpha value is -2.06. The van der Waals surface area contributed by atoms with Gasteiger partial charge in [-0.3, -0.25) is 9.59 Å². The van der Waals surface area contributed by atoms with Crippen molar-refractivity contribution in [2.45, 2.75) is 12.8 Å². The largest absolute Gasteiger partial charge is 0.355 e. The Morgan fingerprint density at radius 1 is 1.16 bits per heavy atom. The first-order chi connectivity index (χ1) is 9.13. The number of amides is 2. The van der Waals surface area contributed by atoms with E-state index < -0.39 is 0 Å². The van der Waals surface area contributed by atoms with Gasteiger partial charge in [0.25, 0.3) is 5.91 Å². The van der Waals surface area contributed by atoms with E-state index in [4.69, 9.17) is 16.9 Å². The number of hydrogen-bond acceptors (Lipinski definition) is 3. The maximum atomic E-state index is 11.7. The molecule has 0 aromatic heterocycles. The van der Waals surface area contributed by atoms with Crippen molar-refractivity contribution in [1.82, 2.24) is 10.6 Å². The Morgan fingerprint density at radius 2 is 1.79 bits per heavy atom. The lowest BCUT2D eigenvalue weighted by Gasteiger charge is -2.06. The monoisotopic (exact) mass is 279 g/mol. The third-order valence-electron chi connectivity index (χ3n) is 2.31. The molecule has 0 unspecified atom stereocenters. The first kappa shape index (κ1) is 15.0. The van der Waals surface area contributed by atoms with Gasteiger partial charge >= 0.3 is 0 Å². The molecule has 0 aliphatic heterocycles. The zero-order valence-electron chi connectivity index (χ0n) is 10.3. The van der Waals surface area contributed by atoms with Gasteiger partial charge in [0.05, 0.1) is 6.07 Å². The first-order valence-electron chi connectivity index (χ1n) is 5.81.